The van der Waals surface area contributed by atoms with E-state index in [1.807, 2.05) is 18.2 Å². The Morgan fingerprint density at radius 2 is 2.05 bits per heavy atom. The molecule has 0 atom stereocenters. The fourth-order valence-corrected chi connectivity index (χ4v) is 1.66. The highest BCUT2D eigenvalue weighted by atomic mass is 16.5. The highest BCUT2D eigenvalue weighted by molar-refractivity contribution is 5.40. The molecule has 0 amide bonds. The molecule has 0 aliphatic rings. The Morgan fingerprint density at radius 3 is 2.65 bits per heavy atom. The van der Waals surface area contributed by atoms with Crippen molar-refractivity contribution in [2.75, 3.05) is 13.7 Å². The van der Waals surface area contributed by atoms with Gasteiger partial charge in [-0.25, -0.2) is 0 Å². The molecule has 0 heterocycles. The molecule has 0 aliphatic heterocycles. The summed E-state index contributed by atoms with van der Waals surface area (Å²) in [7, 11) is 1.66. The van der Waals surface area contributed by atoms with Crippen LogP contribution in [-0.4, -0.2) is 19.3 Å². The van der Waals surface area contributed by atoms with E-state index in [9.17, 15) is 0 Å². The number of benzene rings is 1. The molecule has 3 nitrogen and oxygen atoms in total. The van der Waals surface area contributed by atoms with E-state index in [2.05, 4.69) is 32.0 Å². The van der Waals surface area contributed by atoms with Crippen LogP contribution >= 0.6 is 0 Å². The van der Waals surface area contributed by atoms with E-state index in [0.717, 1.165) is 36.4 Å². The maximum absolute atomic E-state index is 5.83. The van der Waals surface area contributed by atoms with Gasteiger partial charge in [0.05, 0.1) is 13.7 Å². The van der Waals surface area contributed by atoms with Gasteiger partial charge in [0.1, 0.15) is 11.5 Å². The molecule has 0 bridgehead atoms. The number of terminal acetylenes is 1. The predicted octanol–water partition coefficient (Wildman–Crippen LogP) is 3.38. The molecule has 20 heavy (non-hydrogen) atoms. The Kier molecular flexibility index (Phi) is 6.41. The Morgan fingerprint density at radius 1 is 1.30 bits per heavy atom. The molecule has 0 spiro atoms. The summed E-state index contributed by atoms with van der Waals surface area (Å²) in [5.41, 5.74) is 1.20. The minimum absolute atomic E-state index is 0.0701. The number of rotatable bonds is 7. The van der Waals surface area contributed by atoms with E-state index in [1.165, 1.54) is 0 Å². The maximum Gasteiger partial charge on any atom is 0.127 e. The summed E-state index contributed by atoms with van der Waals surface area (Å²) < 4.78 is 11.1. The minimum Gasteiger partial charge on any atom is -0.497 e. The van der Waals surface area contributed by atoms with E-state index in [0.29, 0.717) is 6.61 Å². The first-order chi connectivity index (χ1) is 9.46. The van der Waals surface area contributed by atoms with Gasteiger partial charge in [0, 0.05) is 30.1 Å². The Bertz CT molecular complexity index is 455. The molecular formula is C17H25NO2. The van der Waals surface area contributed by atoms with Gasteiger partial charge in [-0.3, -0.25) is 0 Å². The van der Waals surface area contributed by atoms with Crippen LogP contribution in [0.3, 0.4) is 0 Å². The van der Waals surface area contributed by atoms with Crippen molar-refractivity contribution in [3.05, 3.63) is 23.8 Å². The third-order valence-electron chi connectivity index (χ3n) is 2.81. The van der Waals surface area contributed by atoms with Crippen molar-refractivity contribution in [1.82, 2.24) is 5.32 Å². The van der Waals surface area contributed by atoms with Gasteiger partial charge in [-0.2, -0.15) is 0 Å². The molecule has 1 aromatic rings. The summed E-state index contributed by atoms with van der Waals surface area (Å²) in [5.74, 6) is 4.28. The normalized spacial score (nSPS) is 10.9. The van der Waals surface area contributed by atoms with Crippen molar-refractivity contribution >= 4 is 0 Å². The van der Waals surface area contributed by atoms with Gasteiger partial charge in [-0.15, -0.1) is 12.3 Å². The van der Waals surface area contributed by atoms with Crippen LogP contribution in [-0.2, 0) is 6.54 Å². The molecular weight excluding hydrogens is 250 g/mol. The highest BCUT2D eigenvalue weighted by Gasteiger charge is 2.11. The van der Waals surface area contributed by atoms with Crippen LogP contribution in [0.25, 0.3) is 0 Å². The van der Waals surface area contributed by atoms with Gasteiger partial charge in [0.2, 0.25) is 0 Å². The standard InChI is InChI=1S/C17H25NO2/c1-6-7-8-11-20-16-12-15(19-5)10-9-14(16)13-18-17(2,3)4/h1,9-10,12,18H,7-8,11,13H2,2-5H3. The van der Waals surface area contributed by atoms with Gasteiger partial charge in [-0.1, -0.05) is 6.07 Å². The summed E-state index contributed by atoms with van der Waals surface area (Å²) in [6, 6.07) is 5.91. The monoisotopic (exact) mass is 275 g/mol. The SMILES string of the molecule is C#CCCCOc1cc(OC)ccc1CNC(C)(C)C. The van der Waals surface area contributed by atoms with Crippen molar-refractivity contribution in [2.24, 2.45) is 0 Å². The zero-order chi connectivity index (χ0) is 15.0. The summed E-state index contributed by atoms with van der Waals surface area (Å²) in [6.45, 7) is 7.82. The van der Waals surface area contributed by atoms with E-state index in [1.54, 1.807) is 7.11 Å². The zero-order valence-electron chi connectivity index (χ0n) is 13.0. The minimum atomic E-state index is 0.0701. The molecule has 3 heteroatoms. The third kappa shape index (κ3) is 5.99. The molecule has 110 valence electrons. The topological polar surface area (TPSA) is 30.5 Å². The third-order valence-corrected chi connectivity index (χ3v) is 2.81. The maximum atomic E-state index is 5.83. The quantitative estimate of drug-likeness (QED) is 0.611. The second-order valence-electron chi connectivity index (χ2n) is 5.73. The average molecular weight is 275 g/mol. The lowest BCUT2D eigenvalue weighted by atomic mass is 10.1. The van der Waals surface area contributed by atoms with E-state index in [-0.39, 0.29) is 5.54 Å². The fraction of sp³-hybridized carbons (Fsp3) is 0.529. The van der Waals surface area contributed by atoms with Gasteiger partial charge in [0.25, 0.3) is 0 Å². The molecule has 0 fully saturated rings. The Balaban J connectivity index is 2.73. The van der Waals surface area contributed by atoms with Crippen molar-refractivity contribution in [2.45, 2.75) is 45.7 Å². The predicted molar refractivity (Wildman–Crippen MR) is 83.1 cm³/mol. The van der Waals surface area contributed by atoms with Crippen molar-refractivity contribution < 1.29 is 9.47 Å². The molecule has 0 aromatic heterocycles. The number of unbranched alkanes of at least 4 members (excludes halogenated alkanes) is 1. The Labute approximate surface area is 122 Å². The number of methoxy groups -OCH3 is 1. The van der Waals surface area contributed by atoms with Gasteiger partial charge in [0.15, 0.2) is 0 Å². The van der Waals surface area contributed by atoms with Crippen LogP contribution in [0, 0.1) is 12.3 Å². The van der Waals surface area contributed by atoms with E-state index >= 15 is 0 Å². The summed E-state index contributed by atoms with van der Waals surface area (Å²) in [4.78, 5) is 0. The highest BCUT2D eigenvalue weighted by Crippen LogP contribution is 2.25. The summed E-state index contributed by atoms with van der Waals surface area (Å²) in [5, 5.41) is 3.46. The fourth-order valence-electron chi connectivity index (χ4n) is 1.66. The van der Waals surface area contributed by atoms with Crippen molar-refractivity contribution in [3.63, 3.8) is 0 Å². The number of hydrogen-bond acceptors (Lipinski definition) is 3. The lowest BCUT2D eigenvalue weighted by Gasteiger charge is -2.22. The molecule has 1 rings (SSSR count). The van der Waals surface area contributed by atoms with Crippen LogP contribution < -0.4 is 14.8 Å². The molecule has 1 N–H and O–H groups in total. The first-order valence-electron chi connectivity index (χ1n) is 6.94. The van der Waals surface area contributed by atoms with Crippen LogP contribution in [0.4, 0.5) is 0 Å². The summed E-state index contributed by atoms with van der Waals surface area (Å²) >= 11 is 0. The van der Waals surface area contributed by atoms with E-state index in [4.69, 9.17) is 15.9 Å². The molecule has 0 unspecified atom stereocenters. The number of ether oxygens (including phenoxy) is 2. The second-order valence-corrected chi connectivity index (χ2v) is 5.73. The molecule has 0 radical (unpaired) electrons. The van der Waals surface area contributed by atoms with Crippen LogP contribution in [0.5, 0.6) is 11.5 Å². The molecule has 0 aliphatic carbocycles. The Hall–Kier alpha value is -1.66. The molecule has 1 aromatic carbocycles. The van der Waals surface area contributed by atoms with E-state index < -0.39 is 0 Å². The zero-order valence-corrected chi connectivity index (χ0v) is 13.0. The van der Waals surface area contributed by atoms with Crippen LogP contribution in [0.15, 0.2) is 18.2 Å². The number of hydrogen-bond donors (Lipinski definition) is 1. The van der Waals surface area contributed by atoms with Crippen molar-refractivity contribution in [3.8, 4) is 23.8 Å². The first kappa shape index (κ1) is 16.4. The van der Waals surface area contributed by atoms with Gasteiger partial charge in [-0.05, 0) is 33.3 Å². The van der Waals surface area contributed by atoms with Crippen molar-refractivity contribution in [1.29, 1.82) is 0 Å². The molecule has 0 saturated carbocycles. The number of nitrogens with one attached hydrogen (secondary N) is 1. The average Bonchev–Trinajstić information content (AvgIpc) is 2.41. The second kappa shape index (κ2) is 7.81. The summed E-state index contributed by atoms with van der Waals surface area (Å²) in [6.07, 6.45) is 6.84. The largest absolute Gasteiger partial charge is 0.497 e. The lowest BCUT2D eigenvalue weighted by molar-refractivity contribution is 0.304. The first-order valence-corrected chi connectivity index (χ1v) is 6.94. The van der Waals surface area contributed by atoms with Crippen LogP contribution in [0.2, 0.25) is 0 Å². The van der Waals surface area contributed by atoms with Gasteiger partial charge < -0.3 is 14.8 Å². The van der Waals surface area contributed by atoms with Gasteiger partial charge >= 0.3 is 0 Å². The smallest absolute Gasteiger partial charge is 0.127 e. The molecule has 0 saturated heterocycles. The lowest BCUT2D eigenvalue weighted by Crippen LogP contribution is -2.35. The van der Waals surface area contributed by atoms with Crippen LogP contribution in [0.1, 0.15) is 39.2 Å².